The molecule has 0 bridgehead atoms. The van der Waals surface area contributed by atoms with Crippen molar-refractivity contribution in [1.29, 1.82) is 0 Å². The highest BCUT2D eigenvalue weighted by Crippen LogP contribution is 2.21. The number of aryl methyl sites for hydroxylation is 1. The number of hydrogen-bond acceptors (Lipinski definition) is 4. The zero-order valence-electron chi connectivity index (χ0n) is 12.3. The lowest BCUT2D eigenvalue weighted by atomic mass is 9.99. The van der Waals surface area contributed by atoms with Crippen LogP contribution >= 0.6 is 0 Å². The minimum Gasteiger partial charge on any atom is -0.326 e. The third kappa shape index (κ3) is 3.81. The van der Waals surface area contributed by atoms with E-state index < -0.39 is 10.0 Å². The van der Waals surface area contributed by atoms with Gasteiger partial charge in [0.1, 0.15) is 0 Å². The molecule has 1 aromatic carbocycles. The number of amides is 1. The molecular weight excluding hydrogens is 290 g/mol. The zero-order valence-corrected chi connectivity index (χ0v) is 13.1. The molecule has 6 nitrogen and oxygen atoms in total. The maximum Gasteiger partial charge on any atom is 0.240 e. The number of hydrogen-bond donors (Lipinski definition) is 3. The van der Waals surface area contributed by atoms with Gasteiger partial charge in [0.25, 0.3) is 0 Å². The Labute approximate surface area is 125 Å². The van der Waals surface area contributed by atoms with Crippen LogP contribution in [0.2, 0.25) is 0 Å². The van der Waals surface area contributed by atoms with Crippen LogP contribution in [0.1, 0.15) is 18.4 Å². The van der Waals surface area contributed by atoms with Crippen molar-refractivity contribution in [1.82, 2.24) is 10.0 Å². The number of sulfonamides is 1. The average Bonchev–Trinajstić information content (AvgIpc) is 2.50. The summed E-state index contributed by atoms with van der Waals surface area (Å²) >= 11 is 0. The van der Waals surface area contributed by atoms with Crippen LogP contribution in [0.4, 0.5) is 5.69 Å². The predicted molar refractivity (Wildman–Crippen MR) is 81.6 cm³/mol. The molecule has 1 aliphatic rings. The molecule has 1 atom stereocenters. The molecule has 1 fully saturated rings. The molecular formula is C14H21N3O3S. The summed E-state index contributed by atoms with van der Waals surface area (Å²) in [6.45, 7) is 3.33. The molecule has 2 rings (SSSR count). The quantitative estimate of drug-likeness (QED) is 0.769. The molecule has 1 heterocycles. The average molecular weight is 311 g/mol. The van der Waals surface area contributed by atoms with Gasteiger partial charge >= 0.3 is 0 Å². The van der Waals surface area contributed by atoms with Gasteiger partial charge in [0, 0.05) is 12.2 Å². The molecule has 1 amide bonds. The number of carbonyl (C=O) groups excluding carboxylic acids is 1. The Morgan fingerprint density at radius 1 is 1.38 bits per heavy atom. The largest absolute Gasteiger partial charge is 0.326 e. The number of nitrogens with one attached hydrogen (secondary N) is 3. The van der Waals surface area contributed by atoms with Crippen molar-refractivity contribution in [2.75, 3.05) is 25.5 Å². The fourth-order valence-electron chi connectivity index (χ4n) is 2.40. The Hall–Kier alpha value is -1.44. The van der Waals surface area contributed by atoms with Crippen molar-refractivity contribution < 1.29 is 13.2 Å². The first-order chi connectivity index (χ1) is 9.94. The summed E-state index contributed by atoms with van der Waals surface area (Å²) in [4.78, 5) is 12.4. The number of benzene rings is 1. The monoisotopic (exact) mass is 311 g/mol. The topological polar surface area (TPSA) is 87.3 Å². The van der Waals surface area contributed by atoms with Crippen LogP contribution in [0, 0.1) is 12.8 Å². The first-order valence-electron chi connectivity index (χ1n) is 7.00. The van der Waals surface area contributed by atoms with Gasteiger partial charge in [-0.25, -0.2) is 13.1 Å². The molecule has 0 aromatic heterocycles. The van der Waals surface area contributed by atoms with Crippen LogP contribution in [0.15, 0.2) is 23.1 Å². The van der Waals surface area contributed by atoms with Crippen LogP contribution in [0.5, 0.6) is 0 Å². The molecule has 1 aromatic rings. The van der Waals surface area contributed by atoms with Crippen LogP contribution in [0.3, 0.4) is 0 Å². The normalized spacial score (nSPS) is 19.2. The van der Waals surface area contributed by atoms with Crippen LogP contribution in [-0.2, 0) is 14.8 Å². The van der Waals surface area contributed by atoms with Gasteiger partial charge in [-0.2, -0.15) is 0 Å². The van der Waals surface area contributed by atoms with Gasteiger partial charge in [-0.05, 0) is 51.1 Å². The highest BCUT2D eigenvalue weighted by Gasteiger charge is 2.22. The first kappa shape index (κ1) is 15.9. The van der Waals surface area contributed by atoms with Gasteiger partial charge in [-0.3, -0.25) is 4.79 Å². The maximum absolute atomic E-state index is 12.2. The van der Waals surface area contributed by atoms with E-state index in [0.29, 0.717) is 17.8 Å². The lowest BCUT2D eigenvalue weighted by molar-refractivity contribution is -0.120. The highest BCUT2D eigenvalue weighted by molar-refractivity contribution is 7.89. The summed E-state index contributed by atoms with van der Waals surface area (Å²) in [5, 5.41) is 5.99. The maximum atomic E-state index is 12.2. The number of rotatable bonds is 4. The Bertz CT molecular complexity index is 622. The van der Waals surface area contributed by atoms with Crippen molar-refractivity contribution in [3.63, 3.8) is 0 Å². The smallest absolute Gasteiger partial charge is 0.240 e. The van der Waals surface area contributed by atoms with Gasteiger partial charge in [0.05, 0.1) is 10.8 Å². The standard InChI is InChI=1S/C14H21N3O3S/c1-10-5-6-12(8-13(10)21(19,20)15-2)17-14(18)11-4-3-7-16-9-11/h5-6,8,11,15-16H,3-4,7,9H2,1-2H3,(H,17,18). The van der Waals surface area contributed by atoms with Crippen LogP contribution < -0.4 is 15.4 Å². The van der Waals surface area contributed by atoms with Gasteiger partial charge in [0.2, 0.25) is 15.9 Å². The second-order valence-electron chi connectivity index (χ2n) is 5.22. The van der Waals surface area contributed by atoms with Crippen molar-refractivity contribution in [2.24, 2.45) is 5.92 Å². The second-order valence-corrected chi connectivity index (χ2v) is 7.08. The van der Waals surface area contributed by atoms with E-state index in [2.05, 4.69) is 15.4 Å². The Morgan fingerprint density at radius 3 is 2.76 bits per heavy atom. The van der Waals surface area contributed by atoms with Crippen molar-refractivity contribution in [3.05, 3.63) is 23.8 Å². The first-order valence-corrected chi connectivity index (χ1v) is 8.48. The molecule has 0 aliphatic carbocycles. The fourth-order valence-corrected chi connectivity index (χ4v) is 3.39. The van der Waals surface area contributed by atoms with E-state index in [0.717, 1.165) is 19.4 Å². The molecule has 1 saturated heterocycles. The van der Waals surface area contributed by atoms with E-state index in [1.807, 2.05) is 0 Å². The van der Waals surface area contributed by atoms with Gasteiger partial charge < -0.3 is 10.6 Å². The van der Waals surface area contributed by atoms with Crippen molar-refractivity contribution >= 4 is 21.6 Å². The molecule has 7 heteroatoms. The highest BCUT2D eigenvalue weighted by atomic mass is 32.2. The van der Waals surface area contributed by atoms with Crippen LogP contribution in [0.25, 0.3) is 0 Å². The Kier molecular flexibility index (Phi) is 4.97. The van der Waals surface area contributed by atoms with Gasteiger partial charge in [-0.1, -0.05) is 6.07 Å². The third-order valence-electron chi connectivity index (χ3n) is 3.68. The lowest BCUT2D eigenvalue weighted by Gasteiger charge is -2.22. The summed E-state index contributed by atoms with van der Waals surface area (Å²) in [5.41, 5.74) is 1.15. The van der Waals surface area contributed by atoms with E-state index >= 15 is 0 Å². The summed E-state index contributed by atoms with van der Waals surface area (Å²) in [5.74, 6) is -0.136. The third-order valence-corrected chi connectivity index (χ3v) is 5.24. The summed E-state index contributed by atoms with van der Waals surface area (Å²) in [6.07, 6.45) is 1.83. The van der Waals surface area contributed by atoms with Crippen LogP contribution in [-0.4, -0.2) is 34.5 Å². The minimum atomic E-state index is -3.53. The summed E-state index contributed by atoms with van der Waals surface area (Å²) in [7, 11) is -2.16. The lowest BCUT2D eigenvalue weighted by Crippen LogP contribution is -2.37. The van der Waals surface area contributed by atoms with Gasteiger partial charge in [-0.15, -0.1) is 0 Å². The number of anilines is 1. The molecule has 3 N–H and O–H groups in total. The van der Waals surface area contributed by atoms with E-state index in [1.165, 1.54) is 13.1 Å². The Balaban J connectivity index is 2.17. The van der Waals surface area contributed by atoms with Crippen molar-refractivity contribution in [2.45, 2.75) is 24.7 Å². The molecule has 0 spiro atoms. The Morgan fingerprint density at radius 2 is 2.14 bits per heavy atom. The zero-order chi connectivity index (χ0) is 15.5. The molecule has 0 radical (unpaired) electrons. The van der Waals surface area contributed by atoms with E-state index in [-0.39, 0.29) is 16.7 Å². The predicted octanol–water partition coefficient (Wildman–Crippen LogP) is 0.841. The summed E-state index contributed by atoms with van der Waals surface area (Å²) < 4.78 is 26.1. The SMILES string of the molecule is CNS(=O)(=O)c1cc(NC(=O)C2CCCNC2)ccc1C. The second kappa shape index (κ2) is 6.55. The minimum absolute atomic E-state index is 0.0654. The van der Waals surface area contributed by atoms with E-state index in [1.54, 1.807) is 19.1 Å². The molecule has 0 saturated carbocycles. The van der Waals surface area contributed by atoms with Gasteiger partial charge in [0.15, 0.2) is 0 Å². The number of carbonyl (C=O) groups is 1. The molecule has 21 heavy (non-hydrogen) atoms. The van der Waals surface area contributed by atoms with E-state index in [4.69, 9.17) is 0 Å². The van der Waals surface area contributed by atoms with Crippen molar-refractivity contribution in [3.8, 4) is 0 Å². The summed E-state index contributed by atoms with van der Waals surface area (Å²) in [6, 6.07) is 4.91. The molecule has 1 unspecified atom stereocenters. The fraction of sp³-hybridized carbons (Fsp3) is 0.500. The molecule has 116 valence electrons. The number of piperidine rings is 1. The van der Waals surface area contributed by atoms with E-state index in [9.17, 15) is 13.2 Å². The molecule has 1 aliphatic heterocycles.